The molecule has 0 fully saturated rings. The van der Waals surface area contributed by atoms with E-state index in [4.69, 9.17) is 0 Å². The Kier molecular flexibility index (Phi) is 5.84. The Balaban J connectivity index is 2.02. The number of benzene rings is 2. The van der Waals surface area contributed by atoms with Crippen molar-refractivity contribution >= 4 is 37.0 Å². The van der Waals surface area contributed by atoms with Gasteiger partial charge in [0.05, 0.1) is 15.9 Å². The van der Waals surface area contributed by atoms with E-state index in [2.05, 4.69) is 34.5 Å². The van der Waals surface area contributed by atoms with Crippen LogP contribution >= 0.6 is 15.9 Å². The minimum atomic E-state index is -3.77. The Morgan fingerprint density at radius 1 is 1.00 bits per heavy atom. The predicted molar refractivity (Wildman–Crippen MR) is 115 cm³/mol. The smallest absolute Gasteiger partial charge is 0.295 e. The third kappa shape index (κ3) is 3.56. The molecule has 0 aliphatic carbocycles. The van der Waals surface area contributed by atoms with E-state index in [-0.39, 0.29) is 17.1 Å². The van der Waals surface area contributed by atoms with E-state index in [0.717, 1.165) is 29.5 Å². The van der Waals surface area contributed by atoms with E-state index < -0.39 is 10.0 Å². The van der Waals surface area contributed by atoms with Gasteiger partial charge in [0.1, 0.15) is 0 Å². The number of aromatic nitrogens is 2. The van der Waals surface area contributed by atoms with Crippen molar-refractivity contribution in [3.63, 3.8) is 0 Å². The molecule has 1 aromatic heterocycles. The van der Waals surface area contributed by atoms with E-state index >= 15 is 0 Å². The van der Waals surface area contributed by atoms with Crippen LogP contribution in [0.1, 0.15) is 30.5 Å². The fourth-order valence-corrected chi connectivity index (χ4v) is 5.57. The minimum Gasteiger partial charge on any atom is -0.295 e. The summed E-state index contributed by atoms with van der Waals surface area (Å²) >= 11 is 3.36. The molecular formula is C20H24BrN3O3S. The Hall–Kier alpha value is -1.90. The minimum absolute atomic E-state index is 0.119. The number of rotatable bonds is 6. The summed E-state index contributed by atoms with van der Waals surface area (Å²) in [5, 5.41) is 0. The van der Waals surface area contributed by atoms with E-state index in [0.29, 0.717) is 15.5 Å². The van der Waals surface area contributed by atoms with Gasteiger partial charge in [-0.3, -0.25) is 9.13 Å². The van der Waals surface area contributed by atoms with Crippen LogP contribution in [0.2, 0.25) is 0 Å². The van der Waals surface area contributed by atoms with Gasteiger partial charge >= 0.3 is 5.69 Å². The molecule has 8 heteroatoms. The van der Waals surface area contributed by atoms with Crippen LogP contribution in [0.5, 0.6) is 0 Å². The van der Waals surface area contributed by atoms with Gasteiger partial charge in [0, 0.05) is 25.1 Å². The van der Waals surface area contributed by atoms with Gasteiger partial charge in [-0.05, 0) is 57.6 Å². The van der Waals surface area contributed by atoms with Gasteiger partial charge < -0.3 is 0 Å². The molecule has 6 nitrogen and oxygen atoms in total. The number of hydrogen-bond donors (Lipinski definition) is 1. The number of imidazole rings is 1. The van der Waals surface area contributed by atoms with E-state index in [9.17, 15) is 13.2 Å². The predicted octanol–water partition coefficient (Wildman–Crippen LogP) is 3.24. The summed E-state index contributed by atoms with van der Waals surface area (Å²) in [5.41, 5.74) is 4.35. The van der Waals surface area contributed by atoms with Crippen LogP contribution in [0.15, 0.2) is 44.5 Å². The molecule has 1 N–H and O–H groups in total. The highest BCUT2D eigenvalue weighted by Crippen LogP contribution is 2.28. The molecule has 3 rings (SSSR count). The molecule has 0 unspecified atom stereocenters. The SMILES string of the molecule is CCc1cccc(CC)c1CNS(=O)(=O)c1cc2c(cc1Br)n(C)c(=O)n2C. The summed E-state index contributed by atoms with van der Waals surface area (Å²) < 4.78 is 32.2. The average molecular weight is 466 g/mol. The van der Waals surface area contributed by atoms with Crippen molar-refractivity contribution in [2.24, 2.45) is 14.1 Å². The molecule has 0 spiro atoms. The van der Waals surface area contributed by atoms with Crippen LogP contribution in [0, 0.1) is 0 Å². The van der Waals surface area contributed by atoms with Gasteiger partial charge in [-0.2, -0.15) is 0 Å². The first-order chi connectivity index (χ1) is 13.2. The number of halogens is 1. The number of aryl methyl sites for hydroxylation is 4. The monoisotopic (exact) mass is 465 g/mol. The van der Waals surface area contributed by atoms with Crippen LogP contribution in [0.25, 0.3) is 11.0 Å². The lowest BCUT2D eigenvalue weighted by atomic mass is 9.98. The topological polar surface area (TPSA) is 73.1 Å². The van der Waals surface area contributed by atoms with Crippen LogP contribution < -0.4 is 10.4 Å². The van der Waals surface area contributed by atoms with Crippen molar-refractivity contribution in [1.29, 1.82) is 0 Å². The maximum absolute atomic E-state index is 13.0. The molecule has 0 bridgehead atoms. The fourth-order valence-electron chi connectivity index (χ4n) is 3.53. The number of nitrogens with one attached hydrogen (secondary N) is 1. The Bertz CT molecular complexity index is 1190. The molecular weight excluding hydrogens is 442 g/mol. The highest BCUT2D eigenvalue weighted by Gasteiger charge is 2.21. The molecule has 28 heavy (non-hydrogen) atoms. The van der Waals surface area contributed by atoms with Crippen molar-refractivity contribution in [1.82, 2.24) is 13.9 Å². The summed E-state index contributed by atoms with van der Waals surface area (Å²) in [7, 11) is -0.476. The molecule has 3 aromatic rings. The lowest BCUT2D eigenvalue weighted by Gasteiger charge is -2.15. The zero-order valence-corrected chi connectivity index (χ0v) is 18.8. The molecule has 0 aliphatic heterocycles. The molecule has 2 aromatic carbocycles. The van der Waals surface area contributed by atoms with Crippen LogP contribution in [0.3, 0.4) is 0 Å². The van der Waals surface area contributed by atoms with Crippen molar-refractivity contribution in [3.05, 3.63) is 62.0 Å². The van der Waals surface area contributed by atoms with Crippen molar-refractivity contribution in [2.75, 3.05) is 0 Å². The molecule has 0 radical (unpaired) electrons. The van der Waals surface area contributed by atoms with Crippen molar-refractivity contribution in [2.45, 2.75) is 38.1 Å². The first-order valence-electron chi connectivity index (χ1n) is 9.15. The lowest BCUT2D eigenvalue weighted by molar-refractivity contribution is 0.580. The van der Waals surface area contributed by atoms with E-state index in [1.54, 1.807) is 20.2 Å². The maximum atomic E-state index is 13.0. The second-order valence-corrected chi connectivity index (χ2v) is 9.35. The Labute approximate surface area is 173 Å². The molecule has 0 amide bonds. The van der Waals surface area contributed by atoms with Crippen molar-refractivity contribution < 1.29 is 8.42 Å². The highest BCUT2D eigenvalue weighted by atomic mass is 79.9. The first-order valence-corrected chi connectivity index (χ1v) is 11.4. The standard InChI is InChI=1S/C20H24BrN3O3S/c1-5-13-8-7-9-14(6-2)15(13)12-22-28(26,27)19-11-18-17(10-16(19)21)23(3)20(25)24(18)4/h7-11,22H,5-6,12H2,1-4H3. The van der Waals surface area contributed by atoms with Crippen molar-refractivity contribution in [3.8, 4) is 0 Å². The summed E-state index contributed by atoms with van der Waals surface area (Å²) in [4.78, 5) is 12.3. The molecule has 0 aliphatic rings. The largest absolute Gasteiger partial charge is 0.328 e. The second-order valence-electron chi connectivity index (χ2n) is 6.76. The van der Waals surface area contributed by atoms with Crippen LogP contribution in [-0.2, 0) is 43.5 Å². The quantitative estimate of drug-likeness (QED) is 0.606. The summed E-state index contributed by atoms with van der Waals surface area (Å²) in [6.45, 7) is 4.36. The molecule has 0 saturated heterocycles. The number of nitrogens with zero attached hydrogens (tertiary/aromatic N) is 2. The van der Waals surface area contributed by atoms with Gasteiger partial charge in [0.15, 0.2) is 0 Å². The summed E-state index contributed by atoms with van der Waals surface area (Å²) in [6, 6.07) is 9.28. The third-order valence-electron chi connectivity index (χ3n) is 5.19. The normalized spacial score (nSPS) is 12.0. The zero-order chi connectivity index (χ0) is 20.6. The third-order valence-corrected chi connectivity index (χ3v) is 7.55. The number of hydrogen-bond acceptors (Lipinski definition) is 3. The molecule has 0 atom stereocenters. The van der Waals surface area contributed by atoms with Gasteiger partial charge in [-0.1, -0.05) is 32.0 Å². The van der Waals surface area contributed by atoms with E-state index in [1.165, 1.54) is 15.2 Å². The van der Waals surface area contributed by atoms with Gasteiger partial charge in [0.2, 0.25) is 10.0 Å². The first kappa shape index (κ1) is 20.8. The number of sulfonamides is 1. The highest BCUT2D eigenvalue weighted by molar-refractivity contribution is 9.10. The molecule has 1 heterocycles. The lowest BCUT2D eigenvalue weighted by Crippen LogP contribution is -2.25. The van der Waals surface area contributed by atoms with E-state index in [1.807, 2.05) is 18.2 Å². The Morgan fingerprint density at radius 3 is 2.07 bits per heavy atom. The van der Waals surface area contributed by atoms with Gasteiger partial charge in [0.25, 0.3) is 0 Å². The average Bonchev–Trinajstić information content (AvgIpc) is 2.89. The zero-order valence-electron chi connectivity index (χ0n) is 16.4. The summed E-state index contributed by atoms with van der Waals surface area (Å²) in [5.74, 6) is 0. The maximum Gasteiger partial charge on any atom is 0.328 e. The molecule has 150 valence electrons. The van der Waals surface area contributed by atoms with Crippen LogP contribution in [0.4, 0.5) is 0 Å². The molecule has 0 saturated carbocycles. The Morgan fingerprint density at radius 2 is 1.54 bits per heavy atom. The van der Waals surface area contributed by atoms with Gasteiger partial charge in [-0.15, -0.1) is 0 Å². The number of fused-ring (bicyclic) bond motifs is 1. The second kappa shape index (κ2) is 7.85. The van der Waals surface area contributed by atoms with Gasteiger partial charge in [-0.25, -0.2) is 17.9 Å². The van der Waals surface area contributed by atoms with Crippen LogP contribution in [-0.4, -0.2) is 17.6 Å². The summed E-state index contributed by atoms with van der Waals surface area (Å²) in [6.07, 6.45) is 1.68. The fraction of sp³-hybridized carbons (Fsp3) is 0.350.